The molecule has 0 aliphatic carbocycles. The van der Waals surface area contributed by atoms with Gasteiger partial charge >= 0.3 is 0 Å². The molecule has 0 spiro atoms. The van der Waals surface area contributed by atoms with E-state index in [1.807, 2.05) is 13.1 Å². The van der Waals surface area contributed by atoms with Crippen LogP contribution in [0, 0.1) is 0 Å². The van der Waals surface area contributed by atoms with Gasteiger partial charge in [-0.15, -0.1) is 0 Å². The first-order chi connectivity index (χ1) is 7.81. The Hall–Kier alpha value is -1.33. The standard InChI is InChI=1S/C11H16N2O3/c1-12-8-9-2-3-10(16-9)11(14)13-4-6-15-7-5-13/h2-3,12H,4-8H2,1H3. The normalized spacial score (nSPS) is 16.4. The first-order valence-electron chi connectivity index (χ1n) is 5.41. The van der Waals surface area contributed by atoms with Crippen LogP contribution < -0.4 is 5.32 Å². The summed E-state index contributed by atoms with van der Waals surface area (Å²) in [7, 11) is 1.84. The van der Waals surface area contributed by atoms with Crippen molar-refractivity contribution in [1.29, 1.82) is 0 Å². The zero-order valence-electron chi connectivity index (χ0n) is 9.36. The van der Waals surface area contributed by atoms with E-state index in [1.165, 1.54) is 0 Å². The molecule has 0 unspecified atom stereocenters. The highest BCUT2D eigenvalue weighted by atomic mass is 16.5. The summed E-state index contributed by atoms with van der Waals surface area (Å²) in [6, 6.07) is 3.55. The SMILES string of the molecule is CNCc1ccc(C(=O)N2CCOCC2)o1. The fraction of sp³-hybridized carbons (Fsp3) is 0.545. The lowest BCUT2D eigenvalue weighted by atomic mass is 10.3. The van der Waals surface area contributed by atoms with Crippen molar-refractivity contribution in [3.8, 4) is 0 Å². The van der Waals surface area contributed by atoms with Crippen molar-refractivity contribution < 1.29 is 13.9 Å². The Morgan fingerprint density at radius 2 is 2.19 bits per heavy atom. The highest BCUT2D eigenvalue weighted by Crippen LogP contribution is 2.11. The fourth-order valence-electron chi connectivity index (χ4n) is 1.68. The van der Waals surface area contributed by atoms with Crippen LogP contribution >= 0.6 is 0 Å². The lowest BCUT2D eigenvalue weighted by Gasteiger charge is -2.25. The summed E-state index contributed by atoms with van der Waals surface area (Å²) in [6.45, 7) is 3.13. The average Bonchev–Trinajstić information content (AvgIpc) is 2.78. The number of carbonyl (C=O) groups excluding carboxylic acids is 1. The van der Waals surface area contributed by atoms with Crippen LogP contribution in [-0.4, -0.2) is 44.2 Å². The minimum atomic E-state index is -0.0503. The van der Waals surface area contributed by atoms with E-state index in [0.717, 1.165) is 5.76 Å². The van der Waals surface area contributed by atoms with E-state index in [2.05, 4.69) is 5.32 Å². The molecule has 88 valence electrons. The molecule has 1 aromatic heterocycles. The maximum atomic E-state index is 12.0. The Labute approximate surface area is 94.4 Å². The van der Waals surface area contributed by atoms with Gasteiger partial charge in [0.1, 0.15) is 5.76 Å². The van der Waals surface area contributed by atoms with Gasteiger partial charge in [0.15, 0.2) is 5.76 Å². The van der Waals surface area contributed by atoms with Crippen molar-refractivity contribution in [3.05, 3.63) is 23.7 Å². The van der Waals surface area contributed by atoms with E-state index in [0.29, 0.717) is 38.6 Å². The molecular weight excluding hydrogens is 208 g/mol. The van der Waals surface area contributed by atoms with E-state index in [9.17, 15) is 4.79 Å². The third kappa shape index (κ3) is 2.43. The Balaban J connectivity index is 2.01. The third-order valence-electron chi connectivity index (χ3n) is 2.52. The number of morpholine rings is 1. The Morgan fingerprint density at radius 3 is 2.88 bits per heavy atom. The van der Waals surface area contributed by atoms with Crippen LogP contribution in [-0.2, 0) is 11.3 Å². The molecule has 1 N–H and O–H groups in total. The molecule has 0 aromatic carbocycles. The van der Waals surface area contributed by atoms with Gasteiger partial charge in [0.25, 0.3) is 5.91 Å². The first-order valence-corrected chi connectivity index (χ1v) is 5.41. The van der Waals surface area contributed by atoms with Gasteiger partial charge < -0.3 is 19.4 Å². The van der Waals surface area contributed by atoms with Gasteiger partial charge in [0, 0.05) is 13.1 Å². The number of rotatable bonds is 3. The van der Waals surface area contributed by atoms with E-state index >= 15 is 0 Å². The summed E-state index contributed by atoms with van der Waals surface area (Å²) < 4.78 is 10.6. The summed E-state index contributed by atoms with van der Waals surface area (Å²) in [5.41, 5.74) is 0. The molecule has 16 heavy (non-hydrogen) atoms. The zero-order chi connectivity index (χ0) is 11.4. The summed E-state index contributed by atoms with van der Waals surface area (Å²) in [6.07, 6.45) is 0. The van der Waals surface area contributed by atoms with Gasteiger partial charge in [0.2, 0.25) is 0 Å². The van der Waals surface area contributed by atoms with Gasteiger partial charge in [0.05, 0.1) is 19.8 Å². The topological polar surface area (TPSA) is 54.7 Å². The summed E-state index contributed by atoms with van der Waals surface area (Å²) in [5.74, 6) is 1.14. The fourth-order valence-corrected chi connectivity index (χ4v) is 1.68. The quantitative estimate of drug-likeness (QED) is 0.811. The number of hydrogen-bond acceptors (Lipinski definition) is 4. The van der Waals surface area contributed by atoms with Gasteiger partial charge in [-0.2, -0.15) is 0 Å². The molecule has 5 nitrogen and oxygen atoms in total. The second kappa shape index (κ2) is 5.14. The lowest BCUT2D eigenvalue weighted by Crippen LogP contribution is -2.40. The van der Waals surface area contributed by atoms with Gasteiger partial charge in [-0.1, -0.05) is 0 Å². The predicted molar refractivity (Wildman–Crippen MR) is 58.2 cm³/mol. The molecule has 1 aliphatic heterocycles. The predicted octanol–water partition coefficient (Wildman–Crippen LogP) is 0.471. The van der Waals surface area contributed by atoms with Crippen molar-refractivity contribution in [1.82, 2.24) is 10.2 Å². The molecule has 1 saturated heterocycles. The Kier molecular flexibility index (Phi) is 3.58. The number of hydrogen-bond donors (Lipinski definition) is 1. The molecule has 1 amide bonds. The molecule has 0 atom stereocenters. The Morgan fingerprint density at radius 1 is 1.44 bits per heavy atom. The molecule has 0 saturated carbocycles. The number of ether oxygens (including phenoxy) is 1. The molecule has 1 fully saturated rings. The molecule has 2 rings (SSSR count). The molecule has 1 aliphatic rings. The monoisotopic (exact) mass is 224 g/mol. The summed E-state index contributed by atoms with van der Waals surface area (Å²) >= 11 is 0. The van der Waals surface area contributed by atoms with Crippen LogP contribution in [0.2, 0.25) is 0 Å². The second-order valence-electron chi connectivity index (χ2n) is 3.70. The molecule has 5 heteroatoms. The maximum Gasteiger partial charge on any atom is 0.289 e. The second-order valence-corrected chi connectivity index (χ2v) is 3.70. The van der Waals surface area contributed by atoms with E-state index in [1.54, 1.807) is 11.0 Å². The van der Waals surface area contributed by atoms with E-state index in [-0.39, 0.29) is 5.91 Å². The molecule has 1 aromatic rings. The van der Waals surface area contributed by atoms with Gasteiger partial charge in [-0.05, 0) is 19.2 Å². The smallest absolute Gasteiger partial charge is 0.289 e. The summed E-state index contributed by atoms with van der Waals surface area (Å²) in [4.78, 5) is 13.7. The van der Waals surface area contributed by atoms with Crippen LogP contribution in [0.4, 0.5) is 0 Å². The van der Waals surface area contributed by atoms with Gasteiger partial charge in [-0.3, -0.25) is 4.79 Å². The minimum Gasteiger partial charge on any atom is -0.455 e. The largest absolute Gasteiger partial charge is 0.455 e. The van der Waals surface area contributed by atoms with Crippen molar-refractivity contribution in [2.75, 3.05) is 33.4 Å². The summed E-state index contributed by atoms with van der Waals surface area (Å²) in [5, 5.41) is 2.98. The molecule has 0 bridgehead atoms. The van der Waals surface area contributed by atoms with E-state index < -0.39 is 0 Å². The number of nitrogens with one attached hydrogen (secondary N) is 1. The van der Waals surface area contributed by atoms with Crippen LogP contribution in [0.1, 0.15) is 16.3 Å². The maximum absolute atomic E-state index is 12.0. The van der Waals surface area contributed by atoms with Crippen molar-refractivity contribution in [3.63, 3.8) is 0 Å². The van der Waals surface area contributed by atoms with Crippen molar-refractivity contribution in [2.45, 2.75) is 6.54 Å². The molecule has 2 heterocycles. The zero-order valence-corrected chi connectivity index (χ0v) is 9.36. The number of furan rings is 1. The number of amides is 1. The highest BCUT2D eigenvalue weighted by molar-refractivity contribution is 5.91. The van der Waals surface area contributed by atoms with Crippen molar-refractivity contribution >= 4 is 5.91 Å². The lowest BCUT2D eigenvalue weighted by molar-refractivity contribution is 0.0281. The van der Waals surface area contributed by atoms with Crippen LogP contribution in [0.5, 0.6) is 0 Å². The third-order valence-corrected chi connectivity index (χ3v) is 2.52. The van der Waals surface area contributed by atoms with Crippen molar-refractivity contribution in [2.24, 2.45) is 0 Å². The molecule has 0 radical (unpaired) electrons. The first kappa shape index (κ1) is 11.2. The highest BCUT2D eigenvalue weighted by Gasteiger charge is 2.21. The Bertz CT molecular complexity index is 356. The van der Waals surface area contributed by atoms with Crippen LogP contribution in [0.3, 0.4) is 0 Å². The average molecular weight is 224 g/mol. The number of nitrogens with zero attached hydrogens (tertiary/aromatic N) is 1. The van der Waals surface area contributed by atoms with E-state index in [4.69, 9.17) is 9.15 Å². The molecular formula is C11H16N2O3. The van der Waals surface area contributed by atoms with Crippen LogP contribution in [0.15, 0.2) is 16.5 Å². The number of carbonyl (C=O) groups is 1. The van der Waals surface area contributed by atoms with Gasteiger partial charge in [-0.25, -0.2) is 0 Å². The minimum absolute atomic E-state index is 0.0503. The van der Waals surface area contributed by atoms with Crippen LogP contribution in [0.25, 0.3) is 0 Å².